The Morgan fingerprint density at radius 3 is 2.83 bits per heavy atom. The Kier molecular flexibility index (Phi) is 3.48. The van der Waals surface area contributed by atoms with Crippen molar-refractivity contribution in [2.24, 2.45) is 0 Å². The van der Waals surface area contributed by atoms with Crippen molar-refractivity contribution in [2.45, 2.75) is 17.4 Å². The normalized spacial score (nSPS) is 17.3. The first-order valence-electron chi connectivity index (χ1n) is 5.94. The summed E-state index contributed by atoms with van der Waals surface area (Å²) in [6, 6.07) is 16.3. The highest BCUT2D eigenvalue weighted by Crippen LogP contribution is 2.33. The Hall–Kier alpha value is -1.12. The first-order chi connectivity index (χ1) is 8.81. The van der Waals surface area contributed by atoms with E-state index < -0.39 is 0 Å². The maximum atomic E-state index is 5.98. The zero-order valence-corrected chi connectivity index (χ0v) is 11.4. The smallest absolute Gasteiger partial charge is 0.123 e. The zero-order valence-electron chi connectivity index (χ0n) is 9.80. The van der Waals surface area contributed by atoms with Crippen molar-refractivity contribution in [1.82, 2.24) is 0 Å². The molecule has 18 heavy (non-hydrogen) atoms. The van der Waals surface area contributed by atoms with E-state index in [4.69, 9.17) is 16.3 Å². The van der Waals surface area contributed by atoms with E-state index in [0.717, 1.165) is 22.9 Å². The predicted octanol–water partition coefficient (Wildman–Crippen LogP) is 4.44. The zero-order chi connectivity index (χ0) is 12.4. The van der Waals surface area contributed by atoms with Crippen LogP contribution < -0.4 is 4.74 Å². The van der Waals surface area contributed by atoms with Crippen LogP contribution in [0.15, 0.2) is 53.4 Å². The van der Waals surface area contributed by atoms with Crippen molar-refractivity contribution in [3.05, 3.63) is 59.1 Å². The Morgan fingerprint density at radius 1 is 1.17 bits per heavy atom. The van der Waals surface area contributed by atoms with Crippen molar-refractivity contribution >= 4 is 23.4 Å². The summed E-state index contributed by atoms with van der Waals surface area (Å²) in [5, 5.41) is 0.786. The van der Waals surface area contributed by atoms with Crippen molar-refractivity contribution < 1.29 is 4.74 Å². The van der Waals surface area contributed by atoms with Gasteiger partial charge in [0, 0.05) is 22.1 Å². The lowest BCUT2D eigenvalue weighted by molar-refractivity contribution is 0.259. The van der Waals surface area contributed by atoms with E-state index in [2.05, 4.69) is 24.3 Å². The van der Waals surface area contributed by atoms with E-state index in [1.807, 2.05) is 36.0 Å². The molecule has 0 fully saturated rings. The van der Waals surface area contributed by atoms with Gasteiger partial charge in [-0.15, -0.1) is 11.8 Å². The molecule has 1 heterocycles. The Bertz CT molecular complexity index is 541. The van der Waals surface area contributed by atoms with Crippen LogP contribution in [0.5, 0.6) is 5.75 Å². The second-order valence-electron chi connectivity index (χ2n) is 4.32. The summed E-state index contributed by atoms with van der Waals surface area (Å²) in [6.45, 7) is 0. The third kappa shape index (κ3) is 2.65. The minimum atomic E-state index is 0.253. The standard InChI is InChI=1S/C15H13ClOS/c16-12-6-7-15-11(8-12)9-13(17-15)10-18-14-4-2-1-3-5-14/h1-8,13H,9-10H2. The highest BCUT2D eigenvalue weighted by atomic mass is 35.5. The van der Waals surface area contributed by atoms with Crippen LogP contribution in [0.25, 0.3) is 0 Å². The monoisotopic (exact) mass is 276 g/mol. The summed E-state index contributed by atoms with van der Waals surface area (Å²) in [6.07, 6.45) is 1.21. The maximum absolute atomic E-state index is 5.98. The van der Waals surface area contributed by atoms with Gasteiger partial charge in [-0.1, -0.05) is 29.8 Å². The molecule has 0 aromatic heterocycles. The van der Waals surface area contributed by atoms with Crippen LogP contribution in [-0.4, -0.2) is 11.9 Å². The van der Waals surface area contributed by atoms with Crippen LogP contribution >= 0.6 is 23.4 Å². The SMILES string of the molecule is Clc1ccc2c(c1)CC(CSc1ccccc1)O2. The largest absolute Gasteiger partial charge is 0.489 e. The number of benzene rings is 2. The second kappa shape index (κ2) is 5.25. The number of hydrogen-bond acceptors (Lipinski definition) is 2. The van der Waals surface area contributed by atoms with Gasteiger partial charge < -0.3 is 4.74 Å². The van der Waals surface area contributed by atoms with E-state index in [1.165, 1.54) is 10.5 Å². The molecule has 0 aliphatic carbocycles. The molecule has 0 N–H and O–H groups in total. The molecule has 2 aromatic carbocycles. The number of rotatable bonds is 3. The van der Waals surface area contributed by atoms with Crippen LogP contribution in [-0.2, 0) is 6.42 Å². The lowest BCUT2D eigenvalue weighted by Crippen LogP contribution is -2.15. The number of ether oxygens (including phenoxy) is 1. The van der Waals surface area contributed by atoms with Crippen molar-refractivity contribution in [3.8, 4) is 5.75 Å². The first-order valence-corrected chi connectivity index (χ1v) is 7.30. The molecule has 0 bridgehead atoms. The molecule has 3 rings (SSSR count). The summed E-state index contributed by atoms with van der Waals surface area (Å²) in [4.78, 5) is 1.29. The minimum absolute atomic E-state index is 0.253. The first kappa shape index (κ1) is 11.9. The van der Waals surface area contributed by atoms with Gasteiger partial charge in [0.15, 0.2) is 0 Å². The van der Waals surface area contributed by atoms with Crippen LogP contribution in [0, 0.1) is 0 Å². The highest BCUT2D eigenvalue weighted by Gasteiger charge is 2.22. The van der Waals surface area contributed by atoms with Gasteiger partial charge in [0.2, 0.25) is 0 Å². The Balaban J connectivity index is 1.61. The molecule has 1 aliphatic heterocycles. The average Bonchev–Trinajstić information content (AvgIpc) is 2.79. The van der Waals surface area contributed by atoms with Gasteiger partial charge >= 0.3 is 0 Å². The summed E-state index contributed by atoms with van der Waals surface area (Å²) in [7, 11) is 0. The molecule has 3 heteroatoms. The van der Waals surface area contributed by atoms with Gasteiger partial charge in [0.1, 0.15) is 11.9 Å². The van der Waals surface area contributed by atoms with Crippen LogP contribution in [0.1, 0.15) is 5.56 Å². The van der Waals surface area contributed by atoms with E-state index in [9.17, 15) is 0 Å². The van der Waals surface area contributed by atoms with Gasteiger partial charge in [-0.05, 0) is 35.9 Å². The third-order valence-electron chi connectivity index (χ3n) is 2.94. The second-order valence-corrected chi connectivity index (χ2v) is 5.85. The lowest BCUT2D eigenvalue weighted by atomic mass is 10.1. The molecule has 2 aromatic rings. The molecule has 0 saturated heterocycles. The van der Waals surface area contributed by atoms with Gasteiger partial charge in [-0.25, -0.2) is 0 Å². The lowest BCUT2D eigenvalue weighted by Gasteiger charge is -2.09. The molecule has 1 aliphatic rings. The fraction of sp³-hybridized carbons (Fsp3) is 0.200. The number of hydrogen-bond donors (Lipinski definition) is 0. The molecular weight excluding hydrogens is 264 g/mol. The third-order valence-corrected chi connectivity index (χ3v) is 4.32. The fourth-order valence-electron chi connectivity index (χ4n) is 2.09. The van der Waals surface area contributed by atoms with E-state index >= 15 is 0 Å². The van der Waals surface area contributed by atoms with E-state index in [1.54, 1.807) is 0 Å². The van der Waals surface area contributed by atoms with E-state index in [-0.39, 0.29) is 6.10 Å². The average molecular weight is 277 g/mol. The topological polar surface area (TPSA) is 9.23 Å². The number of halogens is 1. The van der Waals surface area contributed by atoms with Gasteiger partial charge in [-0.2, -0.15) is 0 Å². The summed E-state index contributed by atoms with van der Waals surface area (Å²) in [5.74, 6) is 1.95. The molecule has 0 spiro atoms. The van der Waals surface area contributed by atoms with Gasteiger partial charge in [0.25, 0.3) is 0 Å². The van der Waals surface area contributed by atoms with Gasteiger partial charge in [0.05, 0.1) is 0 Å². The predicted molar refractivity (Wildman–Crippen MR) is 76.7 cm³/mol. The van der Waals surface area contributed by atoms with Crippen molar-refractivity contribution in [3.63, 3.8) is 0 Å². The molecule has 92 valence electrons. The van der Waals surface area contributed by atoms with Crippen LogP contribution in [0.4, 0.5) is 0 Å². The molecular formula is C15H13ClOS. The Labute approximate surface area is 116 Å². The molecule has 0 amide bonds. The molecule has 1 atom stereocenters. The molecule has 0 radical (unpaired) electrons. The van der Waals surface area contributed by atoms with Crippen LogP contribution in [0.3, 0.4) is 0 Å². The molecule has 1 nitrogen and oxygen atoms in total. The minimum Gasteiger partial charge on any atom is -0.489 e. The van der Waals surface area contributed by atoms with Gasteiger partial charge in [-0.3, -0.25) is 0 Å². The summed E-state index contributed by atoms with van der Waals surface area (Å²) >= 11 is 7.82. The molecule has 1 unspecified atom stereocenters. The van der Waals surface area contributed by atoms with Crippen molar-refractivity contribution in [1.29, 1.82) is 0 Å². The quantitative estimate of drug-likeness (QED) is 0.767. The number of thioether (sulfide) groups is 1. The van der Waals surface area contributed by atoms with E-state index in [0.29, 0.717) is 0 Å². The molecule has 0 saturated carbocycles. The fourth-order valence-corrected chi connectivity index (χ4v) is 3.20. The maximum Gasteiger partial charge on any atom is 0.123 e. The van der Waals surface area contributed by atoms with Crippen molar-refractivity contribution in [2.75, 3.05) is 5.75 Å². The summed E-state index contributed by atoms with van der Waals surface area (Å²) < 4.78 is 5.90. The highest BCUT2D eigenvalue weighted by molar-refractivity contribution is 7.99. The Morgan fingerprint density at radius 2 is 2.00 bits per heavy atom. The van der Waals surface area contributed by atoms with Crippen LogP contribution in [0.2, 0.25) is 5.02 Å². The summed E-state index contributed by atoms with van der Waals surface area (Å²) in [5.41, 5.74) is 1.22. The number of fused-ring (bicyclic) bond motifs is 1.